The van der Waals surface area contributed by atoms with Crippen molar-refractivity contribution in [1.29, 1.82) is 0 Å². The monoisotopic (exact) mass is 323 g/mol. The van der Waals surface area contributed by atoms with Crippen LogP contribution in [0.1, 0.15) is 28.2 Å². The van der Waals surface area contributed by atoms with E-state index in [0.717, 1.165) is 5.56 Å². The van der Waals surface area contributed by atoms with Gasteiger partial charge in [-0.3, -0.25) is 4.79 Å². The lowest BCUT2D eigenvalue weighted by Gasteiger charge is -2.14. The van der Waals surface area contributed by atoms with E-state index in [0.29, 0.717) is 9.90 Å². The van der Waals surface area contributed by atoms with Gasteiger partial charge in [0, 0.05) is 5.02 Å². The van der Waals surface area contributed by atoms with Crippen molar-refractivity contribution < 1.29 is 14.3 Å². The van der Waals surface area contributed by atoms with E-state index in [4.69, 9.17) is 16.3 Å². The van der Waals surface area contributed by atoms with Crippen LogP contribution in [-0.2, 0) is 9.53 Å². The zero-order chi connectivity index (χ0) is 15.2. The van der Waals surface area contributed by atoms with Gasteiger partial charge in [0.25, 0.3) is 5.91 Å². The molecular formula is C15H14ClNO3S. The number of nitrogens with one attached hydrogen (secondary N) is 1. The highest BCUT2D eigenvalue weighted by atomic mass is 35.5. The Labute approximate surface area is 131 Å². The van der Waals surface area contributed by atoms with Crippen LogP contribution in [0.5, 0.6) is 0 Å². The first kappa shape index (κ1) is 15.5. The zero-order valence-electron chi connectivity index (χ0n) is 11.3. The van der Waals surface area contributed by atoms with Crippen LogP contribution in [0.15, 0.2) is 41.8 Å². The SMILES string of the molecule is C[C@@H](NC(=O)COC(=O)c1cccs1)c1ccc(Cl)cc1. The summed E-state index contributed by atoms with van der Waals surface area (Å²) in [6.07, 6.45) is 0. The molecule has 0 saturated heterocycles. The number of ether oxygens (including phenoxy) is 1. The quantitative estimate of drug-likeness (QED) is 0.858. The second kappa shape index (κ2) is 7.24. The number of carbonyl (C=O) groups excluding carboxylic acids is 2. The van der Waals surface area contributed by atoms with Crippen molar-refractivity contribution in [1.82, 2.24) is 5.32 Å². The summed E-state index contributed by atoms with van der Waals surface area (Å²) in [4.78, 5) is 23.8. The largest absolute Gasteiger partial charge is 0.451 e. The first-order valence-electron chi connectivity index (χ1n) is 6.31. The molecule has 0 spiro atoms. The molecule has 0 aliphatic carbocycles. The van der Waals surface area contributed by atoms with Gasteiger partial charge in [0.15, 0.2) is 6.61 Å². The molecule has 21 heavy (non-hydrogen) atoms. The Morgan fingerprint density at radius 3 is 2.62 bits per heavy atom. The van der Waals surface area contributed by atoms with Crippen molar-refractivity contribution in [2.45, 2.75) is 13.0 Å². The minimum Gasteiger partial charge on any atom is -0.451 e. The second-order valence-electron chi connectivity index (χ2n) is 4.39. The van der Waals surface area contributed by atoms with Crippen LogP contribution in [0, 0.1) is 0 Å². The summed E-state index contributed by atoms with van der Waals surface area (Å²) in [5, 5.41) is 5.18. The number of benzene rings is 1. The Morgan fingerprint density at radius 1 is 1.29 bits per heavy atom. The maximum atomic E-state index is 11.8. The van der Waals surface area contributed by atoms with E-state index in [9.17, 15) is 9.59 Å². The smallest absolute Gasteiger partial charge is 0.348 e. The van der Waals surface area contributed by atoms with Crippen LogP contribution >= 0.6 is 22.9 Å². The van der Waals surface area contributed by atoms with Gasteiger partial charge in [-0.05, 0) is 36.1 Å². The summed E-state index contributed by atoms with van der Waals surface area (Å²) < 4.78 is 4.94. The van der Waals surface area contributed by atoms with Crippen molar-refractivity contribution in [3.8, 4) is 0 Å². The van der Waals surface area contributed by atoms with Crippen LogP contribution in [0.3, 0.4) is 0 Å². The molecule has 1 atom stereocenters. The first-order chi connectivity index (χ1) is 10.1. The molecule has 1 N–H and O–H groups in total. The second-order valence-corrected chi connectivity index (χ2v) is 5.78. The van der Waals surface area contributed by atoms with E-state index in [1.165, 1.54) is 11.3 Å². The highest BCUT2D eigenvalue weighted by Gasteiger charge is 2.13. The molecular weight excluding hydrogens is 310 g/mol. The van der Waals surface area contributed by atoms with Crippen LogP contribution in [0.4, 0.5) is 0 Å². The molecule has 0 aliphatic rings. The number of rotatable bonds is 5. The summed E-state index contributed by atoms with van der Waals surface area (Å²) in [6.45, 7) is 1.55. The van der Waals surface area contributed by atoms with Gasteiger partial charge < -0.3 is 10.1 Å². The molecule has 6 heteroatoms. The number of thiophene rings is 1. The third-order valence-electron chi connectivity index (χ3n) is 2.80. The molecule has 1 aromatic carbocycles. The Bertz CT molecular complexity index is 610. The van der Waals surface area contributed by atoms with Gasteiger partial charge in [-0.2, -0.15) is 0 Å². The van der Waals surface area contributed by atoms with Gasteiger partial charge >= 0.3 is 5.97 Å². The fourth-order valence-electron chi connectivity index (χ4n) is 1.71. The summed E-state index contributed by atoms with van der Waals surface area (Å²) >= 11 is 7.09. The Hall–Kier alpha value is -1.85. The lowest BCUT2D eigenvalue weighted by Crippen LogP contribution is -2.31. The summed E-state index contributed by atoms with van der Waals surface area (Å²) in [5.74, 6) is -0.832. The van der Waals surface area contributed by atoms with Crippen LogP contribution in [0.2, 0.25) is 5.02 Å². The Balaban J connectivity index is 1.81. The van der Waals surface area contributed by atoms with Gasteiger partial charge in [-0.25, -0.2) is 4.79 Å². The lowest BCUT2D eigenvalue weighted by atomic mass is 10.1. The van der Waals surface area contributed by atoms with E-state index >= 15 is 0 Å². The number of amides is 1. The van der Waals surface area contributed by atoms with Gasteiger partial charge in [0.2, 0.25) is 0 Å². The van der Waals surface area contributed by atoms with Crippen molar-refractivity contribution in [2.24, 2.45) is 0 Å². The van der Waals surface area contributed by atoms with Crippen LogP contribution < -0.4 is 5.32 Å². The standard InChI is InChI=1S/C15H14ClNO3S/c1-10(11-4-6-12(16)7-5-11)17-14(18)9-20-15(19)13-3-2-8-21-13/h2-8,10H,9H2,1H3,(H,17,18)/t10-/m1/s1. The van der Waals surface area contributed by atoms with E-state index in [1.807, 2.05) is 19.1 Å². The summed E-state index contributed by atoms with van der Waals surface area (Å²) in [5.41, 5.74) is 0.928. The van der Waals surface area contributed by atoms with Gasteiger partial charge in [-0.15, -0.1) is 11.3 Å². The molecule has 1 amide bonds. The average Bonchev–Trinajstić information content (AvgIpc) is 2.99. The minimum absolute atomic E-state index is 0.185. The minimum atomic E-state index is -0.487. The van der Waals surface area contributed by atoms with Crippen molar-refractivity contribution in [3.05, 3.63) is 57.2 Å². The summed E-state index contributed by atoms with van der Waals surface area (Å²) in [7, 11) is 0. The van der Waals surface area contributed by atoms with Gasteiger partial charge in [0.1, 0.15) is 4.88 Å². The van der Waals surface area contributed by atoms with Gasteiger partial charge in [0.05, 0.1) is 6.04 Å². The molecule has 0 bridgehead atoms. The third kappa shape index (κ3) is 4.58. The van der Waals surface area contributed by atoms with Gasteiger partial charge in [-0.1, -0.05) is 29.8 Å². The van der Waals surface area contributed by atoms with Crippen LogP contribution in [-0.4, -0.2) is 18.5 Å². The zero-order valence-corrected chi connectivity index (χ0v) is 12.9. The molecule has 4 nitrogen and oxygen atoms in total. The Kier molecular flexibility index (Phi) is 5.36. The average molecular weight is 324 g/mol. The topological polar surface area (TPSA) is 55.4 Å². The molecule has 0 aliphatic heterocycles. The van der Waals surface area contributed by atoms with Crippen molar-refractivity contribution in [2.75, 3.05) is 6.61 Å². The molecule has 0 fully saturated rings. The molecule has 1 aromatic heterocycles. The Morgan fingerprint density at radius 2 is 2.00 bits per heavy atom. The summed E-state index contributed by atoms with van der Waals surface area (Å²) in [6, 6.07) is 10.4. The first-order valence-corrected chi connectivity index (χ1v) is 7.57. The van der Waals surface area contributed by atoms with Crippen LogP contribution in [0.25, 0.3) is 0 Å². The molecule has 110 valence electrons. The fourth-order valence-corrected chi connectivity index (χ4v) is 2.46. The van der Waals surface area contributed by atoms with E-state index in [2.05, 4.69) is 5.32 Å². The molecule has 0 unspecified atom stereocenters. The highest BCUT2D eigenvalue weighted by molar-refractivity contribution is 7.11. The molecule has 2 rings (SSSR count). The maximum Gasteiger partial charge on any atom is 0.348 e. The highest BCUT2D eigenvalue weighted by Crippen LogP contribution is 2.16. The van der Waals surface area contributed by atoms with E-state index < -0.39 is 5.97 Å². The van der Waals surface area contributed by atoms with E-state index in [1.54, 1.807) is 29.6 Å². The third-order valence-corrected chi connectivity index (χ3v) is 3.91. The predicted octanol–water partition coefficient (Wildman–Crippen LogP) is 3.44. The number of halogens is 1. The predicted molar refractivity (Wildman–Crippen MR) is 82.6 cm³/mol. The number of hydrogen-bond acceptors (Lipinski definition) is 4. The molecule has 0 radical (unpaired) electrons. The lowest BCUT2D eigenvalue weighted by molar-refractivity contribution is -0.124. The number of carbonyl (C=O) groups is 2. The molecule has 0 saturated carbocycles. The van der Waals surface area contributed by atoms with Crippen molar-refractivity contribution >= 4 is 34.8 Å². The number of hydrogen-bond donors (Lipinski definition) is 1. The van der Waals surface area contributed by atoms with Crippen molar-refractivity contribution in [3.63, 3.8) is 0 Å². The molecule has 2 aromatic rings. The maximum absolute atomic E-state index is 11.8. The molecule has 1 heterocycles. The van der Waals surface area contributed by atoms with E-state index in [-0.39, 0.29) is 18.6 Å². The normalized spacial score (nSPS) is 11.7. The fraction of sp³-hybridized carbons (Fsp3) is 0.200. The number of esters is 1.